The summed E-state index contributed by atoms with van der Waals surface area (Å²) in [6.07, 6.45) is 16.2. The van der Waals surface area contributed by atoms with Gasteiger partial charge in [-0.15, -0.1) is 0 Å². The Morgan fingerprint density at radius 2 is 1.10 bits per heavy atom. The van der Waals surface area contributed by atoms with Crippen molar-refractivity contribution in [1.82, 2.24) is 0 Å². The summed E-state index contributed by atoms with van der Waals surface area (Å²) < 4.78 is 0. The summed E-state index contributed by atoms with van der Waals surface area (Å²) in [5, 5.41) is 6.43. The van der Waals surface area contributed by atoms with E-state index in [-0.39, 0.29) is 5.92 Å². The average Bonchev–Trinajstić information content (AvgIpc) is 3.34. The van der Waals surface area contributed by atoms with Crippen LogP contribution in [0.3, 0.4) is 0 Å². The number of fused-ring (bicyclic) bond motifs is 1. The number of anilines is 2. The molecule has 8 aromatic rings. The first-order chi connectivity index (χ1) is 30.6. The number of para-hydroxylation sites is 1. The van der Waals surface area contributed by atoms with E-state index in [1.165, 1.54) is 72.0 Å². The highest BCUT2D eigenvalue weighted by Crippen LogP contribution is 2.42. The molecule has 9 rings (SSSR count). The van der Waals surface area contributed by atoms with Crippen molar-refractivity contribution in [3.8, 4) is 33.4 Å². The van der Waals surface area contributed by atoms with Gasteiger partial charge in [0.15, 0.2) is 0 Å². The molecule has 3 unspecified atom stereocenters. The van der Waals surface area contributed by atoms with Crippen molar-refractivity contribution in [2.75, 3.05) is 5.32 Å². The lowest BCUT2D eigenvalue weighted by Gasteiger charge is -2.25. The number of rotatable bonds is 14. The van der Waals surface area contributed by atoms with Gasteiger partial charge in [-0.2, -0.15) is 0 Å². The van der Waals surface area contributed by atoms with Gasteiger partial charge in [0.25, 0.3) is 0 Å². The molecule has 1 nitrogen and oxygen atoms in total. The van der Waals surface area contributed by atoms with Crippen LogP contribution in [0.2, 0.25) is 0 Å². The molecular formula is C61H55N. The topological polar surface area (TPSA) is 12.0 Å². The minimum absolute atomic E-state index is 0.0997. The van der Waals surface area contributed by atoms with E-state index in [2.05, 4.69) is 244 Å². The van der Waals surface area contributed by atoms with E-state index in [9.17, 15) is 0 Å². The third-order valence-corrected chi connectivity index (χ3v) is 12.6. The predicted molar refractivity (Wildman–Crippen MR) is 266 cm³/mol. The molecule has 0 aliphatic heterocycles. The van der Waals surface area contributed by atoms with Gasteiger partial charge in [0.2, 0.25) is 0 Å². The van der Waals surface area contributed by atoms with Gasteiger partial charge in [0.05, 0.1) is 0 Å². The Hall–Kier alpha value is -6.96. The van der Waals surface area contributed by atoms with Crippen LogP contribution in [0.1, 0.15) is 67.2 Å². The van der Waals surface area contributed by atoms with Gasteiger partial charge in [-0.05, 0) is 110 Å². The molecule has 1 aliphatic rings. The van der Waals surface area contributed by atoms with Gasteiger partial charge in [-0.3, -0.25) is 0 Å². The van der Waals surface area contributed by atoms with Crippen molar-refractivity contribution < 1.29 is 0 Å². The third-order valence-electron chi connectivity index (χ3n) is 12.6. The number of allylic oxidation sites excluding steroid dienone is 6. The lowest BCUT2D eigenvalue weighted by Crippen LogP contribution is -2.07. The van der Waals surface area contributed by atoms with E-state index < -0.39 is 0 Å². The second-order valence-electron chi connectivity index (χ2n) is 16.8. The van der Waals surface area contributed by atoms with Crippen LogP contribution in [0.25, 0.3) is 44.2 Å². The quantitative estimate of drug-likeness (QED) is 0.108. The van der Waals surface area contributed by atoms with Crippen molar-refractivity contribution in [1.29, 1.82) is 0 Å². The van der Waals surface area contributed by atoms with Gasteiger partial charge < -0.3 is 5.32 Å². The maximum atomic E-state index is 3.92. The molecule has 0 bridgehead atoms. The maximum Gasteiger partial charge on any atom is 0.0464 e. The monoisotopic (exact) mass is 801 g/mol. The van der Waals surface area contributed by atoms with Crippen LogP contribution < -0.4 is 5.32 Å². The minimum atomic E-state index is 0.0997. The van der Waals surface area contributed by atoms with Crippen molar-refractivity contribution in [2.45, 2.75) is 51.4 Å². The van der Waals surface area contributed by atoms with Crippen LogP contribution in [0.15, 0.2) is 230 Å². The molecule has 8 aromatic carbocycles. The lowest BCUT2D eigenvalue weighted by atomic mass is 9.80. The Morgan fingerprint density at radius 1 is 0.500 bits per heavy atom. The predicted octanol–water partition coefficient (Wildman–Crippen LogP) is 16.9. The van der Waals surface area contributed by atoms with Crippen LogP contribution in [-0.4, -0.2) is 0 Å². The molecule has 0 heterocycles. The van der Waals surface area contributed by atoms with E-state index in [1.54, 1.807) is 0 Å². The molecule has 1 N–H and O–H groups in total. The molecule has 1 heteroatoms. The van der Waals surface area contributed by atoms with E-state index in [0.717, 1.165) is 37.1 Å². The first kappa shape index (κ1) is 40.4. The second-order valence-corrected chi connectivity index (χ2v) is 16.8. The van der Waals surface area contributed by atoms with E-state index in [4.69, 9.17) is 0 Å². The average molecular weight is 802 g/mol. The molecule has 3 atom stereocenters. The largest absolute Gasteiger partial charge is 0.355 e. The van der Waals surface area contributed by atoms with Crippen molar-refractivity contribution in [3.05, 3.63) is 252 Å². The fourth-order valence-corrected chi connectivity index (χ4v) is 9.21. The first-order valence-electron chi connectivity index (χ1n) is 22.4. The Labute approximate surface area is 368 Å². The first-order valence-corrected chi connectivity index (χ1v) is 22.4. The molecule has 0 amide bonds. The molecule has 0 radical (unpaired) electrons. The summed E-state index contributed by atoms with van der Waals surface area (Å²) in [6, 6.07) is 71.0. The van der Waals surface area contributed by atoms with Gasteiger partial charge in [0, 0.05) is 28.6 Å². The smallest absolute Gasteiger partial charge is 0.0464 e. The third kappa shape index (κ3) is 9.19. The molecule has 0 saturated heterocycles. The highest BCUT2D eigenvalue weighted by molar-refractivity contribution is 5.98. The summed E-state index contributed by atoms with van der Waals surface area (Å²) in [7, 11) is 0. The van der Waals surface area contributed by atoms with Crippen molar-refractivity contribution in [2.24, 2.45) is 5.92 Å². The van der Waals surface area contributed by atoms with Crippen molar-refractivity contribution >= 4 is 22.1 Å². The zero-order valence-corrected chi connectivity index (χ0v) is 35.9. The van der Waals surface area contributed by atoms with Gasteiger partial charge >= 0.3 is 0 Å². The standard InChI is InChI=1S/C61H55N/c1-3-45(48-32-34-49(35-33-48)46-18-7-4-8-19-46)31-30-44(2)42-54-24-13-16-29-59(54)62-60-41-40-58(56-27-14-15-28-57(56)60)61(52-22-11-6-12-23-52)55-26-17-25-53(43-55)51-38-36-50(37-39-51)47-20-9-5-10-21-47/h4-5,7-11,13-41,43-45,61-62H,3,6,12,42H2,1-2H3/b31-30-. The van der Waals surface area contributed by atoms with Crippen LogP contribution in [0, 0.1) is 5.92 Å². The molecule has 0 saturated carbocycles. The van der Waals surface area contributed by atoms with Crippen LogP contribution in [0.5, 0.6) is 0 Å². The lowest BCUT2D eigenvalue weighted by molar-refractivity contribution is 0.709. The fourth-order valence-electron chi connectivity index (χ4n) is 9.21. The Bertz CT molecular complexity index is 2830. The van der Waals surface area contributed by atoms with Gasteiger partial charge in [-0.25, -0.2) is 0 Å². The van der Waals surface area contributed by atoms with Crippen LogP contribution >= 0.6 is 0 Å². The number of nitrogens with one attached hydrogen (secondary N) is 1. The number of hydrogen-bond acceptors (Lipinski definition) is 1. The second kappa shape index (κ2) is 19.2. The zero-order valence-electron chi connectivity index (χ0n) is 35.9. The minimum Gasteiger partial charge on any atom is -0.355 e. The fraction of sp³-hybridized carbons (Fsp3) is 0.148. The highest BCUT2D eigenvalue weighted by Gasteiger charge is 2.23. The van der Waals surface area contributed by atoms with E-state index in [0.29, 0.717) is 11.8 Å². The summed E-state index contributed by atoms with van der Waals surface area (Å²) in [5.41, 5.74) is 16.4. The zero-order chi connectivity index (χ0) is 42.1. The molecule has 304 valence electrons. The SMILES string of the molecule is CCC(/C=C\C(C)Cc1ccccc1Nc1ccc(C(C2=CCCC=C2)c2cccc(-c3ccc(-c4ccccc4)cc3)c2)c2ccccc12)c1ccc(-c2ccccc2)cc1. The summed E-state index contributed by atoms with van der Waals surface area (Å²) in [4.78, 5) is 0. The molecule has 0 aromatic heterocycles. The molecule has 0 spiro atoms. The molecule has 0 fully saturated rings. The summed E-state index contributed by atoms with van der Waals surface area (Å²) >= 11 is 0. The molecule has 62 heavy (non-hydrogen) atoms. The Balaban J connectivity index is 0.971. The summed E-state index contributed by atoms with van der Waals surface area (Å²) in [5.74, 6) is 0.866. The maximum absolute atomic E-state index is 3.92. The summed E-state index contributed by atoms with van der Waals surface area (Å²) in [6.45, 7) is 4.62. The normalized spacial score (nSPS) is 14.1. The van der Waals surface area contributed by atoms with E-state index in [1.807, 2.05) is 0 Å². The highest BCUT2D eigenvalue weighted by atomic mass is 14.9. The Morgan fingerprint density at radius 3 is 1.77 bits per heavy atom. The van der Waals surface area contributed by atoms with Crippen LogP contribution in [-0.2, 0) is 6.42 Å². The van der Waals surface area contributed by atoms with Gasteiger partial charge in [-0.1, -0.05) is 226 Å². The molecule has 1 aliphatic carbocycles. The number of benzene rings is 8. The Kier molecular flexibility index (Phi) is 12.5. The van der Waals surface area contributed by atoms with Crippen molar-refractivity contribution in [3.63, 3.8) is 0 Å². The number of hydrogen-bond donors (Lipinski definition) is 1. The van der Waals surface area contributed by atoms with Crippen LogP contribution in [0.4, 0.5) is 11.4 Å². The molecular weight excluding hydrogens is 747 g/mol. The van der Waals surface area contributed by atoms with Gasteiger partial charge in [0.1, 0.15) is 0 Å². The van der Waals surface area contributed by atoms with E-state index >= 15 is 0 Å².